The van der Waals surface area contributed by atoms with Gasteiger partial charge in [0, 0.05) is 5.57 Å². The molecule has 0 bridgehead atoms. The van der Waals surface area contributed by atoms with Gasteiger partial charge in [-0.3, -0.25) is 4.79 Å². The number of ether oxygens (including phenoxy) is 2. The summed E-state index contributed by atoms with van der Waals surface area (Å²) in [5.41, 5.74) is 0.213. The molecule has 2 rings (SSSR count). The molecule has 2 aliphatic rings. The summed E-state index contributed by atoms with van der Waals surface area (Å²) >= 11 is 1.89. The van der Waals surface area contributed by atoms with Crippen molar-refractivity contribution in [2.75, 3.05) is 14.2 Å². The summed E-state index contributed by atoms with van der Waals surface area (Å²) in [6.07, 6.45) is 3.77. The van der Waals surface area contributed by atoms with Crippen LogP contribution in [-0.4, -0.2) is 37.0 Å². The second-order valence-electron chi connectivity index (χ2n) is 3.81. The lowest BCUT2D eigenvalue weighted by molar-refractivity contribution is -0.138. The normalized spacial score (nSPS) is 18.0. The van der Waals surface area contributed by atoms with Crippen molar-refractivity contribution in [3.05, 3.63) is 43.6 Å². The molecule has 8 heteroatoms. The number of thioether (sulfide) groups is 2. The maximum Gasteiger partial charge on any atom is 0.346 e. The van der Waals surface area contributed by atoms with Crippen LogP contribution in [0.25, 0.3) is 0 Å². The van der Waals surface area contributed by atoms with Crippen LogP contribution < -0.4 is 0 Å². The van der Waals surface area contributed by atoms with Crippen LogP contribution in [0.3, 0.4) is 0 Å². The van der Waals surface area contributed by atoms with Crippen molar-refractivity contribution in [1.29, 1.82) is 0 Å². The summed E-state index contributed by atoms with van der Waals surface area (Å²) in [4.78, 5) is 35.4. The van der Waals surface area contributed by atoms with Gasteiger partial charge in [-0.05, 0) is 18.2 Å². The Balaban J connectivity index is 2.43. The van der Waals surface area contributed by atoms with E-state index in [0.29, 0.717) is 4.24 Å². The average Bonchev–Trinajstić information content (AvgIpc) is 2.93. The SMILES string of the molecule is COC(=O)C1=C(C(=O)OC)SC(=C2C=C(O)C=CC2=O)S1. The summed E-state index contributed by atoms with van der Waals surface area (Å²) in [6.45, 7) is 0. The average molecular weight is 326 g/mol. The molecule has 1 N–H and O–H groups in total. The van der Waals surface area contributed by atoms with Crippen LogP contribution in [0.1, 0.15) is 0 Å². The number of hydrogen-bond acceptors (Lipinski definition) is 8. The molecule has 0 amide bonds. The zero-order chi connectivity index (χ0) is 15.6. The molecule has 0 unspecified atom stereocenters. The van der Waals surface area contributed by atoms with E-state index in [-0.39, 0.29) is 26.9 Å². The Morgan fingerprint density at radius 1 is 1.05 bits per heavy atom. The van der Waals surface area contributed by atoms with Gasteiger partial charge >= 0.3 is 11.9 Å². The van der Waals surface area contributed by atoms with Gasteiger partial charge in [-0.25, -0.2) is 9.59 Å². The Morgan fingerprint density at radius 3 is 2.05 bits per heavy atom. The van der Waals surface area contributed by atoms with Crippen molar-refractivity contribution in [2.24, 2.45) is 0 Å². The maximum atomic E-state index is 11.8. The Hall–Kier alpha value is -1.93. The lowest BCUT2D eigenvalue weighted by Gasteiger charge is -2.07. The first-order chi connectivity index (χ1) is 9.97. The summed E-state index contributed by atoms with van der Waals surface area (Å²) in [6, 6.07) is 0. The van der Waals surface area contributed by atoms with E-state index >= 15 is 0 Å². The monoisotopic (exact) mass is 326 g/mol. The molecular weight excluding hydrogens is 316 g/mol. The Bertz CT molecular complexity index is 624. The van der Waals surface area contributed by atoms with Crippen LogP contribution in [0.5, 0.6) is 0 Å². The lowest BCUT2D eigenvalue weighted by Crippen LogP contribution is -2.08. The molecule has 1 heterocycles. The fraction of sp³-hybridized carbons (Fsp3) is 0.154. The molecule has 1 aliphatic heterocycles. The first kappa shape index (κ1) is 15.5. The van der Waals surface area contributed by atoms with Crippen molar-refractivity contribution >= 4 is 41.2 Å². The minimum atomic E-state index is -0.685. The molecule has 0 saturated heterocycles. The zero-order valence-corrected chi connectivity index (χ0v) is 12.7. The zero-order valence-electron chi connectivity index (χ0n) is 11.0. The van der Waals surface area contributed by atoms with Crippen LogP contribution in [0.4, 0.5) is 0 Å². The summed E-state index contributed by atoms with van der Waals surface area (Å²) < 4.78 is 9.65. The number of esters is 2. The second-order valence-corrected chi connectivity index (χ2v) is 6.11. The van der Waals surface area contributed by atoms with Crippen molar-refractivity contribution in [1.82, 2.24) is 0 Å². The summed E-state index contributed by atoms with van der Waals surface area (Å²) in [7, 11) is 2.39. The Morgan fingerprint density at radius 2 is 1.57 bits per heavy atom. The van der Waals surface area contributed by atoms with Gasteiger partial charge in [-0.15, -0.1) is 0 Å². The van der Waals surface area contributed by atoms with Gasteiger partial charge in [-0.1, -0.05) is 23.5 Å². The number of allylic oxidation sites excluding steroid dienone is 4. The van der Waals surface area contributed by atoms with Gasteiger partial charge < -0.3 is 14.6 Å². The van der Waals surface area contributed by atoms with E-state index in [1.54, 1.807) is 0 Å². The van der Waals surface area contributed by atoms with Crippen molar-refractivity contribution in [2.45, 2.75) is 0 Å². The van der Waals surface area contributed by atoms with E-state index in [2.05, 4.69) is 9.47 Å². The van der Waals surface area contributed by atoms with E-state index in [1.807, 2.05) is 0 Å². The highest BCUT2D eigenvalue weighted by atomic mass is 32.2. The lowest BCUT2D eigenvalue weighted by atomic mass is 10.1. The minimum absolute atomic E-state index is 0.0621. The quantitative estimate of drug-likeness (QED) is 0.607. The van der Waals surface area contributed by atoms with Gasteiger partial charge in [0.25, 0.3) is 0 Å². The van der Waals surface area contributed by atoms with Crippen LogP contribution in [0, 0.1) is 0 Å². The van der Waals surface area contributed by atoms with Gasteiger partial charge in [-0.2, -0.15) is 0 Å². The molecule has 1 aliphatic carbocycles. The number of methoxy groups -OCH3 is 2. The molecule has 21 heavy (non-hydrogen) atoms. The second kappa shape index (κ2) is 6.23. The molecule has 0 saturated carbocycles. The number of aliphatic hydroxyl groups excluding tert-OH is 1. The molecule has 0 radical (unpaired) electrons. The van der Waals surface area contributed by atoms with Crippen LogP contribution >= 0.6 is 23.5 Å². The number of carbonyl (C=O) groups is 3. The Kier molecular flexibility index (Phi) is 4.59. The molecule has 0 atom stereocenters. The highest BCUT2D eigenvalue weighted by Gasteiger charge is 2.34. The fourth-order valence-electron chi connectivity index (χ4n) is 1.54. The third-order valence-corrected chi connectivity index (χ3v) is 5.11. The molecule has 0 aromatic rings. The van der Waals surface area contributed by atoms with Crippen molar-refractivity contribution in [3.8, 4) is 0 Å². The van der Waals surface area contributed by atoms with E-state index in [0.717, 1.165) is 23.5 Å². The molecular formula is C13H10O6S2. The minimum Gasteiger partial charge on any atom is -0.508 e. The predicted molar refractivity (Wildman–Crippen MR) is 78.1 cm³/mol. The van der Waals surface area contributed by atoms with E-state index in [1.165, 1.54) is 32.4 Å². The largest absolute Gasteiger partial charge is 0.508 e. The standard InChI is InChI=1S/C13H10O6S2/c1-18-11(16)9-10(12(17)19-2)21-13(20-9)7-5-6(14)3-4-8(7)15/h3-5,14H,1-2H3. The van der Waals surface area contributed by atoms with Gasteiger partial charge in [0.1, 0.15) is 15.6 Å². The number of aliphatic hydroxyl groups is 1. The molecule has 110 valence electrons. The number of rotatable bonds is 2. The Labute approximate surface area is 128 Å². The topological polar surface area (TPSA) is 89.9 Å². The van der Waals surface area contributed by atoms with Crippen LogP contribution in [0.2, 0.25) is 0 Å². The first-order valence-electron chi connectivity index (χ1n) is 5.62. The van der Waals surface area contributed by atoms with E-state index in [4.69, 9.17) is 0 Å². The summed E-state index contributed by atoms with van der Waals surface area (Å²) in [5.74, 6) is -1.77. The third-order valence-electron chi connectivity index (χ3n) is 2.52. The van der Waals surface area contributed by atoms with Crippen molar-refractivity contribution < 1.29 is 29.0 Å². The highest BCUT2D eigenvalue weighted by Crippen LogP contribution is 2.51. The number of ketones is 1. The first-order valence-corrected chi connectivity index (χ1v) is 7.25. The highest BCUT2D eigenvalue weighted by molar-refractivity contribution is 8.29. The predicted octanol–water partition coefficient (Wildman–Crippen LogP) is 1.82. The molecule has 0 spiro atoms. The fourth-order valence-corrected chi connectivity index (χ4v) is 4.05. The van der Waals surface area contributed by atoms with Gasteiger partial charge in [0.15, 0.2) is 5.78 Å². The van der Waals surface area contributed by atoms with E-state index < -0.39 is 11.9 Å². The molecule has 0 aromatic heterocycles. The maximum absolute atomic E-state index is 11.8. The molecule has 6 nitrogen and oxygen atoms in total. The van der Waals surface area contributed by atoms with Gasteiger partial charge in [0.05, 0.1) is 18.5 Å². The number of hydrogen-bond donors (Lipinski definition) is 1. The van der Waals surface area contributed by atoms with Crippen molar-refractivity contribution in [3.63, 3.8) is 0 Å². The number of carbonyl (C=O) groups excluding carboxylic acids is 3. The smallest absolute Gasteiger partial charge is 0.346 e. The third kappa shape index (κ3) is 3.06. The van der Waals surface area contributed by atoms with Crippen LogP contribution in [-0.2, 0) is 23.9 Å². The molecule has 0 fully saturated rings. The molecule has 0 aromatic carbocycles. The van der Waals surface area contributed by atoms with Crippen LogP contribution in [0.15, 0.2) is 43.6 Å². The van der Waals surface area contributed by atoms with E-state index in [9.17, 15) is 19.5 Å². The summed E-state index contributed by atoms with van der Waals surface area (Å²) in [5, 5.41) is 9.47. The van der Waals surface area contributed by atoms with Gasteiger partial charge in [0.2, 0.25) is 0 Å².